The molecule has 6 unspecified atom stereocenters. The van der Waals surface area contributed by atoms with Crippen LogP contribution in [0.3, 0.4) is 0 Å². The Balaban J connectivity index is -0.000000191. The largest absolute Gasteiger partial charge is 0.481 e. The number of carboxylic acids is 3. The van der Waals surface area contributed by atoms with Crippen molar-refractivity contribution in [1.82, 2.24) is 0 Å². The van der Waals surface area contributed by atoms with Crippen molar-refractivity contribution in [2.45, 2.75) is 501 Å². The minimum Gasteiger partial charge on any atom is -0.481 e. The Morgan fingerprint density at radius 2 is 0.399 bits per heavy atom. The fraction of sp³-hybridized carbons (Fsp3) is 0.865. The Labute approximate surface area is 841 Å². The van der Waals surface area contributed by atoms with Crippen molar-refractivity contribution in [3.63, 3.8) is 0 Å². The van der Waals surface area contributed by atoms with Crippen LogP contribution in [0, 0.1) is 82.7 Å². The third-order valence-corrected chi connectivity index (χ3v) is 27.0. The van der Waals surface area contributed by atoms with Crippen molar-refractivity contribution in [3.8, 4) is 0 Å². The summed E-state index contributed by atoms with van der Waals surface area (Å²) in [4.78, 5) is 113. The van der Waals surface area contributed by atoms with Gasteiger partial charge < -0.3 is 59.1 Å². The lowest BCUT2D eigenvalue weighted by molar-refractivity contribution is -0.316. The van der Waals surface area contributed by atoms with Crippen LogP contribution in [0.15, 0.2) is 36.5 Å². The fourth-order valence-corrected chi connectivity index (χ4v) is 10.5. The number of carbonyl (C=O) groups excluding carboxylic acids is 6. The molecule has 3 aliphatic rings. The molecule has 0 aromatic carbocycles. The quantitative estimate of drug-likeness (QED) is 0.00907. The van der Waals surface area contributed by atoms with Gasteiger partial charge in [-0.05, 0) is 250 Å². The topological polar surface area (TPSA) is 419 Å². The average molecular weight is 1980 g/mol. The van der Waals surface area contributed by atoms with Crippen LogP contribution in [-0.2, 0) is 86.2 Å². The second kappa shape index (κ2) is 75.8. The molecule has 0 saturated heterocycles. The summed E-state index contributed by atoms with van der Waals surface area (Å²) in [6, 6.07) is 0. The zero-order valence-electron chi connectivity index (χ0n) is 96.0. The molecule has 0 heterocycles. The maximum atomic E-state index is 11.6. The third-order valence-electron chi connectivity index (χ3n) is 27.0. The van der Waals surface area contributed by atoms with Gasteiger partial charge in [-0.2, -0.15) is 0 Å². The standard InChI is InChI=1S/3C13H22O5.3C12H24O2.3C6H12O2.3C6H14/c3*1-6-13(4,5)12(16)18-8-10(14)7-17-11(15)9(2)3;3*1-4-12(2,3)11(14-13)10-8-6-5-7-9-10;3*1-4-6(2,3)5(7)8;3*1-5-6(2,3)4/h3*10,14H,2,6-8H2,1,3-5H3;3*10-11,13H,4-9H2,1-3H3;3*4H2,1-3H3,(H,7,8);3*5H2,1-4H3. The van der Waals surface area contributed by atoms with Crippen LogP contribution in [0.5, 0.6) is 0 Å². The van der Waals surface area contributed by atoms with Gasteiger partial charge >= 0.3 is 53.7 Å². The first kappa shape index (κ1) is 150. The fourth-order valence-electron chi connectivity index (χ4n) is 10.5. The Kier molecular flexibility index (Phi) is 82.3. The van der Waals surface area contributed by atoms with Gasteiger partial charge in [0.1, 0.15) is 76.3 Å². The monoisotopic (exact) mass is 1980 g/mol. The van der Waals surface area contributed by atoms with E-state index in [2.05, 4.69) is 165 Å². The van der Waals surface area contributed by atoms with E-state index in [0.717, 1.165) is 19.3 Å². The van der Waals surface area contributed by atoms with Gasteiger partial charge in [0.2, 0.25) is 0 Å². The van der Waals surface area contributed by atoms with Crippen LogP contribution in [0.4, 0.5) is 0 Å². The molecule has 27 heteroatoms. The van der Waals surface area contributed by atoms with Gasteiger partial charge in [-0.25, -0.2) is 29.0 Å². The van der Waals surface area contributed by atoms with E-state index in [1.54, 1.807) is 83.1 Å². The SMILES string of the molecule is C=C(C)C(=O)OCC(O)COC(=O)C(C)(C)CC.C=C(C)C(=O)OCC(O)COC(=O)C(C)(C)CC.C=C(C)C(=O)OCC(O)COC(=O)C(C)(C)CC.CCC(C)(C)C.CCC(C)(C)C.CCC(C)(C)C.CCC(C)(C)C(=O)O.CCC(C)(C)C(=O)O.CCC(C)(C)C(=O)O.CCC(C)(C)C(OO)C1CCCCC1.CCC(C)(C)C(OO)C1CCCCC1.CCC(C)(C)C(OO)C1CCCCC1. The number of hydrogen-bond donors (Lipinski definition) is 9. The van der Waals surface area contributed by atoms with E-state index in [1.807, 2.05) is 41.5 Å². The molecule has 9 N–H and O–H groups in total. The predicted molar refractivity (Wildman–Crippen MR) is 559 cm³/mol. The van der Waals surface area contributed by atoms with Gasteiger partial charge in [0.05, 0.1) is 32.5 Å². The van der Waals surface area contributed by atoms with Crippen molar-refractivity contribution in [3.05, 3.63) is 36.5 Å². The van der Waals surface area contributed by atoms with Gasteiger partial charge in [0.15, 0.2) is 0 Å². The summed E-state index contributed by atoms with van der Waals surface area (Å²) in [5.41, 5.74) is -0.676. The molecule has 3 fully saturated rings. The first-order chi connectivity index (χ1) is 62.6. The van der Waals surface area contributed by atoms with E-state index in [9.17, 15) is 58.5 Å². The molecule has 27 nitrogen and oxygen atoms in total. The van der Waals surface area contributed by atoms with Crippen molar-refractivity contribution < 1.29 is 133 Å². The highest BCUT2D eigenvalue weighted by Crippen LogP contribution is 2.42. The highest BCUT2D eigenvalue weighted by molar-refractivity contribution is 5.88. The summed E-state index contributed by atoms with van der Waals surface area (Å²) >= 11 is 0. The van der Waals surface area contributed by atoms with Crippen LogP contribution in [0.25, 0.3) is 0 Å². The summed E-state index contributed by atoms with van der Waals surface area (Å²) < 4.78 is 29.0. The number of aliphatic hydroxyl groups excluding tert-OH is 3. The van der Waals surface area contributed by atoms with E-state index < -0.39 is 86.6 Å². The van der Waals surface area contributed by atoms with Crippen molar-refractivity contribution in [1.29, 1.82) is 0 Å². The molecule has 3 rings (SSSR count). The Hall–Kier alpha value is -5.91. The summed E-state index contributed by atoms with van der Waals surface area (Å²) in [5, 5.41) is 80.9. The smallest absolute Gasteiger partial charge is 0.333 e. The number of ether oxygens (including phenoxy) is 6. The lowest BCUT2D eigenvalue weighted by Crippen LogP contribution is -2.38. The molecular formula is C111H216O27. The van der Waals surface area contributed by atoms with E-state index in [-0.39, 0.29) is 109 Å². The number of aliphatic hydroxyl groups is 3. The van der Waals surface area contributed by atoms with E-state index in [1.165, 1.54) is 136 Å². The zero-order valence-corrected chi connectivity index (χ0v) is 96.0. The predicted octanol–water partition coefficient (Wildman–Crippen LogP) is 27.8. The van der Waals surface area contributed by atoms with Gasteiger partial charge in [0, 0.05) is 16.7 Å². The second-order valence-corrected chi connectivity index (χ2v) is 46.8. The Morgan fingerprint density at radius 1 is 0.254 bits per heavy atom. The van der Waals surface area contributed by atoms with Gasteiger partial charge in [-0.15, -0.1) is 0 Å². The average Bonchev–Trinajstić information content (AvgIpc) is 0.836. The van der Waals surface area contributed by atoms with E-state index in [0.29, 0.717) is 72.5 Å². The molecule has 138 heavy (non-hydrogen) atoms. The molecular weight excluding hydrogens is 1770 g/mol. The molecule has 0 aromatic heterocycles. The van der Waals surface area contributed by atoms with Crippen LogP contribution < -0.4 is 0 Å². The molecule has 822 valence electrons. The Morgan fingerprint density at radius 3 is 0.500 bits per heavy atom. The highest BCUT2D eigenvalue weighted by atomic mass is 17.1. The number of hydrogen-bond acceptors (Lipinski definition) is 24. The Bertz CT molecular complexity index is 2930. The number of esters is 6. The molecule has 0 radical (unpaired) electrons. The molecule has 3 saturated carbocycles. The van der Waals surface area contributed by atoms with Gasteiger partial charge in [-0.1, -0.05) is 284 Å². The van der Waals surface area contributed by atoms with Gasteiger partial charge in [-0.3, -0.25) is 44.5 Å². The van der Waals surface area contributed by atoms with Crippen molar-refractivity contribution in [2.24, 2.45) is 82.7 Å². The molecule has 0 aromatic rings. The lowest BCUT2D eigenvalue weighted by Gasteiger charge is -2.38. The highest BCUT2D eigenvalue weighted by Gasteiger charge is 2.40. The van der Waals surface area contributed by atoms with Crippen LogP contribution in [0.2, 0.25) is 0 Å². The van der Waals surface area contributed by atoms with Crippen LogP contribution in [-0.4, -0.2) is 176 Å². The summed E-state index contributed by atoms with van der Waals surface area (Å²) in [7, 11) is 0. The molecule has 0 amide bonds. The molecule has 6 atom stereocenters. The molecule has 0 aliphatic heterocycles. The third kappa shape index (κ3) is 76.7. The number of carboxylic acid groups (broad SMARTS) is 3. The summed E-state index contributed by atoms with van der Waals surface area (Å²) in [5.74, 6) is -3.35. The first-order valence-electron chi connectivity index (χ1n) is 51.3. The second-order valence-electron chi connectivity index (χ2n) is 46.8. The minimum absolute atomic E-state index is 0.0211. The molecule has 0 bridgehead atoms. The lowest BCUT2D eigenvalue weighted by atomic mass is 9.72. The zero-order chi connectivity index (χ0) is 111. The van der Waals surface area contributed by atoms with Crippen molar-refractivity contribution >= 4 is 53.7 Å². The molecule has 3 aliphatic carbocycles. The number of carbonyl (C=O) groups is 9. The maximum Gasteiger partial charge on any atom is 0.333 e. The first-order valence-corrected chi connectivity index (χ1v) is 51.3. The number of rotatable bonds is 39. The van der Waals surface area contributed by atoms with Crippen LogP contribution >= 0.6 is 0 Å². The van der Waals surface area contributed by atoms with E-state index in [4.69, 9.17) is 74.2 Å². The van der Waals surface area contributed by atoms with E-state index >= 15 is 0 Å². The van der Waals surface area contributed by atoms with Crippen molar-refractivity contribution in [2.75, 3.05) is 39.6 Å². The number of aliphatic carboxylic acids is 3. The van der Waals surface area contributed by atoms with Gasteiger partial charge in [0.25, 0.3) is 0 Å². The minimum atomic E-state index is -1.02. The van der Waals surface area contributed by atoms with Crippen LogP contribution in [0.1, 0.15) is 464 Å². The molecule has 0 spiro atoms. The maximum absolute atomic E-state index is 11.6. The summed E-state index contributed by atoms with van der Waals surface area (Å²) in [6.07, 6.45) is 27.1. The normalized spacial score (nSPS) is 15.3. The summed E-state index contributed by atoms with van der Waals surface area (Å²) in [6.45, 7) is 92.1.